The SMILES string of the molecule is Nc1cc(NCc2ccc(Br)s2)nc(C(F)(F)F)n1. The molecule has 0 bridgehead atoms. The average Bonchev–Trinajstić information content (AvgIpc) is 2.71. The van der Waals surface area contributed by atoms with Gasteiger partial charge in [0.2, 0.25) is 5.82 Å². The molecular formula is C10H8BrF3N4S. The maximum absolute atomic E-state index is 12.5. The summed E-state index contributed by atoms with van der Waals surface area (Å²) in [6, 6.07) is 4.98. The molecule has 0 aliphatic rings. The lowest BCUT2D eigenvalue weighted by Gasteiger charge is -2.09. The molecular weight excluding hydrogens is 345 g/mol. The minimum Gasteiger partial charge on any atom is -0.384 e. The number of hydrogen-bond donors (Lipinski definition) is 2. The van der Waals surface area contributed by atoms with Gasteiger partial charge in [-0.05, 0) is 28.1 Å². The summed E-state index contributed by atoms with van der Waals surface area (Å²) in [5, 5.41) is 2.79. The van der Waals surface area contributed by atoms with E-state index in [1.165, 1.54) is 17.4 Å². The summed E-state index contributed by atoms with van der Waals surface area (Å²) in [7, 11) is 0. The maximum atomic E-state index is 12.5. The van der Waals surface area contributed by atoms with Crippen molar-refractivity contribution in [3.8, 4) is 0 Å². The Labute approximate surface area is 119 Å². The van der Waals surface area contributed by atoms with Crippen molar-refractivity contribution < 1.29 is 13.2 Å². The number of nitrogens with two attached hydrogens (primary N) is 1. The zero-order valence-corrected chi connectivity index (χ0v) is 11.7. The standard InChI is InChI=1S/C10H8BrF3N4S/c11-6-2-1-5(19-6)4-16-8-3-7(15)17-9(18-8)10(12,13)14/h1-3H,4H2,(H3,15,16,17,18). The highest BCUT2D eigenvalue weighted by Gasteiger charge is 2.35. The number of nitrogens with one attached hydrogen (secondary N) is 1. The van der Waals surface area contributed by atoms with Crippen LogP contribution in [0.4, 0.5) is 24.8 Å². The molecule has 0 aliphatic heterocycles. The zero-order valence-electron chi connectivity index (χ0n) is 9.33. The number of anilines is 2. The van der Waals surface area contributed by atoms with E-state index >= 15 is 0 Å². The van der Waals surface area contributed by atoms with Crippen LogP contribution in [-0.4, -0.2) is 9.97 Å². The molecule has 0 aromatic carbocycles. The fourth-order valence-electron chi connectivity index (χ4n) is 1.31. The van der Waals surface area contributed by atoms with E-state index in [-0.39, 0.29) is 11.6 Å². The second kappa shape index (κ2) is 5.33. The largest absolute Gasteiger partial charge is 0.451 e. The molecule has 2 heterocycles. The Kier molecular flexibility index (Phi) is 3.95. The Bertz CT molecular complexity index is 584. The quantitative estimate of drug-likeness (QED) is 0.886. The summed E-state index contributed by atoms with van der Waals surface area (Å²) >= 11 is 4.78. The van der Waals surface area contributed by atoms with Crippen molar-refractivity contribution in [1.29, 1.82) is 0 Å². The molecule has 3 N–H and O–H groups in total. The first-order valence-electron chi connectivity index (χ1n) is 5.04. The minimum atomic E-state index is -4.61. The van der Waals surface area contributed by atoms with Gasteiger partial charge in [0, 0.05) is 10.9 Å². The van der Waals surface area contributed by atoms with Gasteiger partial charge in [0.15, 0.2) is 0 Å². The number of alkyl halides is 3. The van der Waals surface area contributed by atoms with E-state index in [0.29, 0.717) is 6.54 Å². The van der Waals surface area contributed by atoms with Gasteiger partial charge in [-0.15, -0.1) is 11.3 Å². The molecule has 4 nitrogen and oxygen atoms in total. The number of aromatic nitrogens is 2. The lowest BCUT2D eigenvalue weighted by Crippen LogP contribution is -2.14. The highest BCUT2D eigenvalue weighted by Crippen LogP contribution is 2.28. The molecule has 2 aromatic rings. The van der Waals surface area contributed by atoms with Crippen molar-refractivity contribution in [3.05, 3.63) is 32.7 Å². The summed E-state index contributed by atoms with van der Waals surface area (Å²) in [6.45, 7) is 0.365. The van der Waals surface area contributed by atoms with Crippen LogP contribution in [0.15, 0.2) is 22.0 Å². The Balaban J connectivity index is 2.14. The van der Waals surface area contributed by atoms with E-state index in [0.717, 1.165) is 8.66 Å². The van der Waals surface area contributed by atoms with Gasteiger partial charge in [-0.3, -0.25) is 0 Å². The smallest absolute Gasteiger partial charge is 0.384 e. The van der Waals surface area contributed by atoms with E-state index < -0.39 is 12.0 Å². The summed E-state index contributed by atoms with van der Waals surface area (Å²) < 4.78 is 38.5. The van der Waals surface area contributed by atoms with Crippen LogP contribution in [0.5, 0.6) is 0 Å². The van der Waals surface area contributed by atoms with Crippen LogP contribution < -0.4 is 11.1 Å². The molecule has 19 heavy (non-hydrogen) atoms. The highest BCUT2D eigenvalue weighted by molar-refractivity contribution is 9.11. The Morgan fingerprint density at radius 2 is 2.05 bits per heavy atom. The lowest BCUT2D eigenvalue weighted by molar-refractivity contribution is -0.144. The molecule has 102 valence electrons. The monoisotopic (exact) mass is 352 g/mol. The van der Waals surface area contributed by atoms with Crippen molar-refractivity contribution in [2.75, 3.05) is 11.1 Å². The van der Waals surface area contributed by atoms with Gasteiger partial charge in [0.25, 0.3) is 0 Å². The van der Waals surface area contributed by atoms with E-state index in [2.05, 4.69) is 31.2 Å². The Morgan fingerprint density at radius 3 is 2.63 bits per heavy atom. The normalized spacial score (nSPS) is 11.6. The third kappa shape index (κ3) is 3.80. The fraction of sp³-hybridized carbons (Fsp3) is 0.200. The molecule has 0 aliphatic carbocycles. The third-order valence-electron chi connectivity index (χ3n) is 2.07. The Morgan fingerprint density at radius 1 is 1.32 bits per heavy atom. The minimum absolute atomic E-state index is 0.0457. The molecule has 0 fully saturated rings. The van der Waals surface area contributed by atoms with Gasteiger partial charge in [-0.2, -0.15) is 13.2 Å². The first kappa shape index (κ1) is 14.1. The first-order chi connectivity index (χ1) is 8.84. The zero-order chi connectivity index (χ0) is 14.0. The number of halogens is 4. The number of nitrogen functional groups attached to an aromatic ring is 1. The van der Waals surface area contributed by atoms with Crippen LogP contribution in [0, 0.1) is 0 Å². The molecule has 0 spiro atoms. The molecule has 2 rings (SSSR count). The highest BCUT2D eigenvalue weighted by atomic mass is 79.9. The van der Waals surface area contributed by atoms with Crippen molar-refractivity contribution in [2.45, 2.75) is 12.7 Å². The number of thiophene rings is 1. The summed E-state index contributed by atoms with van der Waals surface area (Å²) in [4.78, 5) is 7.51. The summed E-state index contributed by atoms with van der Waals surface area (Å²) in [6.07, 6.45) is -4.61. The van der Waals surface area contributed by atoms with Gasteiger partial charge in [0.05, 0.1) is 10.3 Å². The van der Waals surface area contributed by atoms with E-state index in [4.69, 9.17) is 5.73 Å². The van der Waals surface area contributed by atoms with E-state index in [1.54, 1.807) is 0 Å². The predicted molar refractivity (Wildman–Crippen MR) is 70.8 cm³/mol. The molecule has 0 radical (unpaired) electrons. The lowest BCUT2D eigenvalue weighted by atomic mass is 10.4. The van der Waals surface area contributed by atoms with Crippen molar-refractivity contribution in [1.82, 2.24) is 9.97 Å². The summed E-state index contributed by atoms with van der Waals surface area (Å²) in [5.41, 5.74) is 5.33. The van der Waals surface area contributed by atoms with Crippen molar-refractivity contribution >= 4 is 38.9 Å². The van der Waals surface area contributed by atoms with Gasteiger partial charge in [-0.1, -0.05) is 0 Å². The summed E-state index contributed by atoms with van der Waals surface area (Å²) in [5.74, 6) is -1.43. The van der Waals surface area contributed by atoms with Crippen molar-refractivity contribution in [3.63, 3.8) is 0 Å². The van der Waals surface area contributed by atoms with Crippen LogP contribution >= 0.6 is 27.3 Å². The van der Waals surface area contributed by atoms with Gasteiger partial charge in [0.1, 0.15) is 11.6 Å². The Hall–Kier alpha value is -1.35. The number of hydrogen-bond acceptors (Lipinski definition) is 5. The number of rotatable bonds is 3. The third-order valence-corrected chi connectivity index (χ3v) is 3.70. The van der Waals surface area contributed by atoms with Crippen LogP contribution in [0.2, 0.25) is 0 Å². The van der Waals surface area contributed by atoms with Crippen LogP contribution in [0.1, 0.15) is 10.7 Å². The van der Waals surface area contributed by atoms with Gasteiger partial charge < -0.3 is 11.1 Å². The predicted octanol–water partition coefficient (Wildman–Crippen LogP) is 3.51. The first-order valence-corrected chi connectivity index (χ1v) is 6.65. The average molecular weight is 353 g/mol. The molecule has 2 aromatic heterocycles. The topological polar surface area (TPSA) is 63.8 Å². The van der Waals surface area contributed by atoms with Gasteiger partial charge >= 0.3 is 6.18 Å². The van der Waals surface area contributed by atoms with E-state index in [9.17, 15) is 13.2 Å². The van der Waals surface area contributed by atoms with Crippen LogP contribution in [0.25, 0.3) is 0 Å². The number of nitrogens with zero attached hydrogens (tertiary/aromatic N) is 2. The molecule has 0 saturated carbocycles. The van der Waals surface area contributed by atoms with Crippen LogP contribution in [0.3, 0.4) is 0 Å². The molecule has 0 unspecified atom stereocenters. The fourth-order valence-corrected chi connectivity index (χ4v) is 2.73. The second-order valence-corrected chi connectivity index (χ2v) is 6.11. The second-order valence-electron chi connectivity index (χ2n) is 3.56. The van der Waals surface area contributed by atoms with Crippen LogP contribution in [-0.2, 0) is 12.7 Å². The molecule has 0 saturated heterocycles. The van der Waals surface area contributed by atoms with Gasteiger partial charge in [-0.25, -0.2) is 9.97 Å². The molecule has 9 heteroatoms. The molecule has 0 amide bonds. The molecule has 0 atom stereocenters. The maximum Gasteiger partial charge on any atom is 0.451 e. The van der Waals surface area contributed by atoms with Crippen molar-refractivity contribution in [2.24, 2.45) is 0 Å². The van der Waals surface area contributed by atoms with E-state index in [1.807, 2.05) is 12.1 Å².